The highest BCUT2D eigenvalue weighted by Crippen LogP contribution is 2.16. The first kappa shape index (κ1) is 6.37. The van der Waals surface area contributed by atoms with Gasteiger partial charge in [0.25, 0.3) is 0 Å². The van der Waals surface area contributed by atoms with Crippen LogP contribution in [0.4, 0.5) is 0 Å². The van der Waals surface area contributed by atoms with Crippen molar-refractivity contribution in [2.75, 3.05) is 13.6 Å². The van der Waals surface area contributed by atoms with Crippen molar-refractivity contribution in [2.24, 2.45) is 0 Å². The third-order valence-electron chi connectivity index (χ3n) is 1.47. The maximum Gasteiger partial charge on any atom is 0.0363 e. The highest BCUT2D eigenvalue weighted by atomic mass is 35.5. The number of likely N-dealkylation sites (tertiary alicyclic amines) is 1. The molecule has 1 rings (SSSR count). The number of nitrogens with zero attached hydrogens (tertiary/aromatic N) is 1. The predicted octanol–water partition coefficient (Wildman–Crippen LogP) is 1.48. The van der Waals surface area contributed by atoms with Crippen molar-refractivity contribution in [1.82, 2.24) is 4.90 Å². The Balaban J connectivity index is 2.19. The van der Waals surface area contributed by atoms with Gasteiger partial charge in [-0.2, -0.15) is 0 Å². The molecule has 0 aromatic carbocycles. The van der Waals surface area contributed by atoms with Gasteiger partial charge in [0.2, 0.25) is 0 Å². The van der Waals surface area contributed by atoms with E-state index in [2.05, 4.69) is 18.5 Å². The minimum Gasteiger partial charge on any atom is -0.302 e. The number of hydrogen-bond acceptors (Lipinski definition) is 1. The van der Waals surface area contributed by atoms with E-state index < -0.39 is 0 Å². The van der Waals surface area contributed by atoms with E-state index in [1.54, 1.807) is 0 Å². The molecule has 1 heterocycles. The molecule has 1 fully saturated rings. The van der Waals surface area contributed by atoms with Gasteiger partial charge >= 0.3 is 0 Å². The largest absolute Gasteiger partial charge is 0.302 e. The zero-order valence-corrected chi connectivity index (χ0v) is 5.86. The fourth-order valence-corrected chi connectivity index (χ4v) is 1.02. The Morgan fingerprint density at radius 1 is 1.75 bits per heavy atom. The van der Waals surface area contributed by atoms with Gasteiger partial charge < -0.3 is 4.90 Å². The summed E-state index contributed by atoms with van der Waals surface area (Å²) in [6.45, 7) is 3.27. The molecule has 1 aliphatic heterocycles. The molecule has 1 atom stereocenters. The minimum atomic E-state index is 0.395. The van der Waals surface area contributed by atoms with Crippen LogP contribution in [0.5, 0.6) is 0 Å². The van der Waals surface area contributed by atoms with Crippen molar-refractivity contribution >= 4 is 11.6 Å². The van der Waals surface area contributed by atoms with Crippen molar-refractivity contribution in [3.8, 4) is 0 Å². The van der Waals surface area contributed by atoms with E-state index in [1.807, 2.05) is 0 Å². The molecule has 1 unspecified atom stereocenters. The van der Waals surface area contributed by atoms with Gasteiger partial charge in [0.15, 0.2) is 0 Å². The van der Waals surface area contributed by atoms with E-state index in [0.29, 0.717) is 5.38 Å². The lowest BCUT2D eigenvalue weighted by Gasteiger charge is -2.24. The smallest absolute Gasteiger partial charge is 0.0363 e. The molecule has 0 aromatic heterocycles. The van der Waals surface area contributed by atoms with Crippen LogP contribution < -0.4 is 0 Å². The van der Waals surface area contributed by atoms with Crippen LogP contribution in [-0.4, -0.2) is 23.9 Å². The van der Waals surface area contributed by atoms with Crippen molar-refractivity contribution in [3.63, 3.8) is 0 Å². The van der Waals surface area contributed by atoms with Crippen molar-refractivity contribution in [2.45, 2.75) is 18.2 Å². The molecule has 1 aliphatic rings. The molecule has 0 spiro atoms. The highest BCUT2D eigenvalue weighted by Gasteiger charge is 2.13. The molecule has 8 heavy (non-hydrogen) atoms. The summed E-state index contributed by atoms with van der Waals surface area (Å²) in [4.78, 5) is 2.19. The number of alkyl halides is 1. The SMILES string of the molecule is CN1[CH]CC(Cl)CC1. The lowest BCUT2D eigenvalue weighted by atomic mass is 10.1. The average Bonchev–Trinajstić information content (AvgIpc) is 1.77. The van der Waals surface area contributed by atoms with Crippen LogP contribution in [0.2, 0.25) is 0 Å². The molecule has 2 heteroatoms. The van der Waals surface area contributed by atoms with Crippen LogP contribution in [0, 0.1) is 6.54 Å². The van der Waals surface area contributed by atoms with Gasteiger partial charge in [0.05, 0.1) is 0 Å². The van der Waals surface area contributed by atoms with Crippen LogP contribution in [0.15, 0.2) is 0 Å². The Morgan fingerprint density at radius 3 is 2.88 bits per heavy atom. The summed E-state index contributed by atoms with van der Waals surface area (Å²) in [5, 5.41) is 0.395. The van der Waals surface area contributed by atoms with E-state index >= 15 is 0 Å². The Labute approximate surface area is 55.6 Å². The van der Waals surface area contributed by atoms with Gasteiger partial charge in [-0.1, -0.05) is 0 Å². The fraction of sp³-hybridized carbons (Fsp3) is 0.833. The fourth-order valence-electron chi connectivity index (χ4n) is 0.847. The van der Waals surface area contributed by atoms with Gasteiger partial charge in [0.1, 0.15) is 0 Å². The summed E-state index contributed by atoms with van der Waals surface area (Å²) in [7, 11) is 2.09. The minimum absolute atomic E-state index is 0.395. The molecule has 0 N–H and O–H groups in total. The Hall–Kier alpha value is 0.250. The molecule has 0 aliphatic carbocycles. The monoisotopic (exact) mass is 132 g/mol. The zero-order valence-electron chi connectivity index (χ0n) is 5.10. The number of rotatable bonds is 0. The first-order valence-electron chi connectivity index (χ1n) is 2.96. The molecular formula is C6H11ClN. The highest BCUT2D eigenvalue weighted by molar-refractivity contribution is 6.20. The van der Waals surface area contributed by atoms with Crippen molar-refractivity contribution in [3.05, 3.63) is 6.54 Å². The number of hydrogen-bond donors (Lipinski definition) is 0. The topological polar surface area (TPSA) is 3.24 Å². The zero-order chi connectivity index (χ0) is 5.98. The molecule has 1 nitrogen and oxygen atoms in total. The quantitative estimate of drug-likeness (QED) is 0.452. The van der Waals surface area contributed by atoms with E-state index in [1.165, 1.54) is 0 Å². The predicted molar refractivity (Wildman–Crippen MR) is 35.8 cm³/mol. The second kappa shape index (κ2) is 2.70. The van der Waals surface area contributed by atoms with Crippen molar-refractivity contribution < 1.29 is 0 Å². The van der Waals surface area contributed by atoms with E-state index in [0.717, 1.165) is 19.4 Å². The molecule has 47 valence electrons. The van der Waals surface area contributed by atoms with Crippen LogP contribution >= 0.6 is 11.6 Å². The first-order chi connectivity index (χ1) is 3.79. The van der Waals surface area contributed by atoms with E-state index in [-0.39, 0.29) is 0 Å². The van der Waals surface area contributed by atoms with Gasteiger partial charge in [-0.15, -0.1) is 11.6 Å². The summed E-state index contributed by atoms with van der Waals surface area (Å²) < 4.78 is 0. The second-order valence-electron chi connectivity index (χ2n) is 2.28. The third-order valence-corrected chi connectivity index (χ3v) is 1.86. The molecule has 1 saturated heterocycles. The normalized spacial score (nSPS) is 26.2. The maximum atomic E-state index is 5.82. The standard InChI is InChI=1S/C6H11ClN/c1-8-4-2-6(7)3-5-8/h4,6H,2-3,5H2,1H3. The van der Waals surface area contributed by atoms with Gasteiger partial charge in [-0.05, 0) is 26.4 Å². The number of halogens is 1. The third kappa shape index (κ3) is 1.64. The molecule has 0 amide bonds. The molecule has 0 bridgehead atoms. The van der Waals surface area contributed by atoms with E-state index in [4.69, 9.17) is 11.6 Å². The van der Waals surface area contributed by atoms with Crippen LogP contribution in [-0.2, 0) is 0 Å². The Morgan fingerprint density at radius 2 is 2.50 bits per heavy atom. The van der Waals surface area contributed by atoms with Crippen LogP contribution in [0.1, 0.15) is 12.8 Å². The summed E-state index contributed by atoms with van der Waals surface area (Å²) in [5.74, 6) is 0. The molecule has 0 aromatic rings. The Bertz CT molecular complexity index is 56.9. The van der Waals surface area contributed by atoms with Gasteiger partial charge in [-0.25, -0.2) is 0 Å². The lowest BCUT2D eigenvalue weighted by Crippen LogP contribution is -2.26. The van der Waals surface area contributed by atoms with Crippen LogP contribution in [0.3, 0.4) is 0 Å². The summed E-state index contributed by atoms with van der Waals surface area (Å²) in [6, 6.07) is 0. The molecular weight excluding hydrogens is 122 g/mol. The van der Waals surface area contributed by atoms with Gasteiger partial charge in [0, 0.05) is 11.9 Å². The number of piperidine rings is 1. The average molecular weight is 133 g/mol. The summed E-state index contributed by atoms with van der Waals surface area (Å²) in [6.07, 6.45) is 2.17. The summed E-state index contributed by atoms with van der Waals surface area (Å²) in [5.41, 5.74) is 0. The van der Waals surface area contributed by atoms with E-state index in [9.17, 15) is 0 Å². The first-order valence-corrected chi connectivity index (χ1v) is 3.40. The Kier molecular flexibility index (Phi) is 2.15. The lowest BCUT2D eigenvalue weighted by molar-refractivity contribution is 0.339. The maximum absolute atomic E-state index is 5.82. The van der Waals surface area contributed by atoms with Crippen LogP contribution in [0.25, 0.3) is 0 Å². The molecule has 1 radical (unpaired) electrons. The van der Waals surface area contributed by atoms with Crippen molar-refractivity contribution in [1.29, 1.82) is 0 Å². The second-order valence-corrected chi connectivity index (χ2v) is 2.90. The summed E-state index contributed by atoms with van der Waals surface area (Å²) >= 11 is 5.82. The van der Waals surface area contributed by atoms with Gasteiger partial charge in [-0.3, -0.25) is 0 Å². The molecule has 0 saturated carbocycles.